The number of aromatic nitrogens is 3. The topological polar surface area (TPSA) is 67.8 Å². The van der Waals surface area contributed by atoms with Crippen LogP contribution in [0.4, 0.5) is 5.13 Å². The molecule has 0 radical (unpaired) electrons. The fraction of sp³-hybridized carbons (Fsp3) is 0. The first-order chi connectivity index (χ1) is 14.8. The zero-order valence-corrected chi connectivity index (χ0v) is 16.6. The van der Waals surface area contributed by atoms with Crippen molar-refractivity contribution in [2.24, 2.45) is 0 Å². The van der Waals surface area contributed by atoms with E-state index in [9.17, 15) is 4.79 Å². The van der Waals surface area contributed by atoms with Gasteiger partial charge < -0.3 is 0 Å². The Morgan fingerprint density at radius 2 is 1.60 bits per heavy atom. The molecule has 0 saturated carbocycles. The van der Waals surface area contributed by atoms with Gasteiger partial charge in [-0.2, -0.15) is 0 Å². The van der Waals surface area contributed by atoms with Crippen molar-refractivity contribution >= 4 is 33.3 Å². The van der Waals surface area contributed by atoms with Gasteiger partial charge in [-0.25, -0.2) is 9.97 Å². The number of anilines is 1. The van der Waals surface area contributed by atoms with Gasteiger partial charge in [0.05, 0.1) is 22.5 Å². The molecule has 0 aliphatic carbocycles. The lowest BCUT2D eigenvalue weighted by Crippen LogP contribution is -2.13. The molecule has 5 aromatic rings. The lowest BCUT2D eigenvalue weighted by molar-refractivity contribution is 0.102. The summed E-state index contributed by atoms with van der Waals surface area (Å²) in [7, 11) is 0. The van der Waals surface area contributed by atoms with Crippen LogP contribution < -0.4 is 5.32 Å². The van der Waals surface area contributed by atoms with Crippen molar-refractivity contribution in [3.8, 4) is 22.6 Å². The van der Waals surface area contributed by atoms with E-state index < -0.39 is 0 Å². The average molecular weight is 408 g/mol. The predicted molar refractivity (Wildman–Crippen MR) is 120 cm³/mol. The van der Waals surface area contributed by atoms with Crippen LogP contribution in [0.25, 0.3) is 33.5 Å². The van der Waals surface area contributed by atoms with Crippen molar-refractivity contribution in [2.75, 3.05) is 5.32 Å². The maximum absolute atomic E-state index is 13.2. The van der Waals surface area contributed by atoms with Crippen molar-refractivity contribution in [2.45, 2.75) is 0 Å². The second kappa shape index (κ2) is 7.85. The van der Waals surface area contributed by atoms with Crippen LogP contribution in [0, 0.1) is 0 Å². The minimum atomic E-state index is -0.215. The second-order valence-electron chi connectivity index (χ2n) is 6.65. The van der Waals surface area contributed by atoms with E-state index in [2.05, 4.69) is 15.3 Å². The highest BCUT2D eigenvalue weighted by molar-refractivity contribution is 7.14. The van der Waals surface area contributed by atoms with E-state index in [0.717, 1.165) is 33.5 Å². The number of amides is 1. The molecule has 1 N–H and O–H groups in total. The number of fused-ring (bicyclic) bond motifs is 1. The fourth-order valence-corrected chi connectivity index (χ4v) is 3.95. The summed E-state index contributed by atoms with van der Waals surface area (Å²) in [6.07, 6.45) is 1.72. The molecule has 0 bridgehead atoms. The highest BCUT2D eigenvalue weighted by atomic mass is 32.1. The van der Waals surface area contributed by atoms with Gasteiger partial charge in [-0.15, -0.1) is 11.3 Å². The van der Waals surface area contributed by atoms with Gasteiger partial charge in [-0.3, -0.25) is 15.1 Å². The quantitative estimate of drug-likeness (QED) is 0.416. The van der Waals surface area contributed by atoms with Crippen LogP contribution in [-0.4, -0.2) is 20.9 Å². The molecule has 30 heavy (non-hydrogen) atoms. The third kappa shape index (κ3) is 3.56. The number of benzene rings is 2. The number of nitrogens with zero attached hydrogens (tertiary/aromatic N) is 3. The monoisotopic (exact) mass is 408 g/mol. The lowest BCUT2D eigenvalue weighted by Gasteiger charge is -2.09. The molecule has 0 spiro atoms. The second-order valence-corrected chi connectivity index (χ2v) is 7.50. The van der Waals surface area contributed by atoms with E-state index in [0.29, 0.717) is 10.7 Å². The number of carbonyl (C=O) groups excluding carboxylic acids is 1. The highest BCUT2D eigenvalue weighted by Crippen LogP contribution is 2.27. The summed E-state index contributed by atoms with van der Waals surface area (Å²) in [5.41, 5.74) is 4.57. The molecule has 5 rings (SSSR count). The Kier molecular flexibility index (Phi) is 4.75. The summed E-state index contributed by atoms with van der Waals surface area (Å²) < 4.78 is 0. The lowest BCUT2D eigenvalue weighted by atomic mass is 10.0. The van der Waals surface area contributed by atoms with Crippen LogP contribution >= 0.6 is 11.3 Å². The molecule has 0 atom stereocenters. The number of nitrogens with one attached hydrogen (secondary N) is 1. The number of pyridine rings is 2. The van der Waals surface area contributed by atoms with Crippen molar-refractivity contribution in [3.05, 3.63) is 96.0 Å². The molecule has 3 heterocycles. The van der Waals surface area contributed by atoms with Crippen LogP contribution in [0.2, 0.25) is 0 Å². The van der Waals surface area contributed by atoms with Crippen molar-refractivity contribution < 1.29 is 4.79 Å². The molecule has 0 aliphatic heterocycles. The molecule has 1 amide bonds. The number of para-hydroxylation sites is 1. The summed E-state index contributed by atoms with van der Waals surface area (Å²) in [5, 5.41) is 6.15. The fourth-order valence-electron chi connectivity index (χ4n) is 3.25. The normalized spacial score (nSPS) is 10.8. The number of hydrogen-bond acceptors (Lipinski definition) is 5. The predicted octanol–water partition coefficient (Wildman–Crippen LogP) is 5.67. The van der Waals surface area contributed by atoms with Gasteiger partial charge in [0, 0.05) is 22.5 Å². The molecule has 144 valence electrons. The van der Waals surface area contributed by atoms with E-state index >= 15 is 0 Å². The Morgan fingerprint density at radius 1 is 0.800 bits per heavy atom. The summed E-state index contributed by atoms with van der Waals surface area (Å²) in [4.78, 5) is 26.7. The molecule has 3 aromatic heterocycles. The zero-order chi connectivity index (χ0) is 20.3. The van der Waals surface area contributed by atoms with Gasteiger partial charge in [-0.05, 0) is 24.3 Å². The minimum absolute atomic E-state index is 0.215. The molecular formula is C24H16N4OS. The van der Waals surface area contributed by atoms with E-state index in [4.69, 9.17) is 4.98 Å². The molecule has 2 aromatic carbocycles. The number of carbonyl (C=O) groups is 1. The first-order valence-corrected chi connectivity index (χ1v) is 10.3. The molecule has 0 fully saturated rings. The molecule has 0 aliphatic rings. The Labute approximate surface area is 177 Å². The van der Waals surface area contributed by atoms with Crippen LogP contribution in [0.15, 0.2) is 90.4 Å². The number of rotatable bonds is 4. The van der Waals surface area contributed by atoms with Crippen molar-refractivity contribution in [1.82, 2.24) is 15.0 Å². The van der Waals surface area contributed by atoms with Gasteiger partial charge >= 0.3 is 0 Å². The Hall–Kier alpha value is -3.90. The Morgan fingerprint density at radius 3 is 2.43 bits per heavy atom. The minimum Gasteiger partial charge on any atom is -0.298 e. The summed E-state index contributed by atoms with van der Waals surface area (Å²) in [6.45, 7) is 0. The molecule has 0 unspecified atom stereocenters. The van der Waals surface area contributed by atoms with Crippen molar-refractivity contribution in [1.29, 1.82) is 0 Å². The van der Waals surface area contributed by atoms with Crippen LogP contribution in [-0.2, 0) is 0 Å². The van der Waals surface area contributed by atoms with E-state index in [-0.39, 0.29) is 5.91 Å². The van der Waals surface area contributed by atoms with Gasteiger partial charge in [0.2, 0.25) is 0 Å². The van der Waals surface area contributed by atoms with E-state index in [1.165, 1.54) is 11.3 Å². The van der Waals surface area contributed by atoms with Gasteiger partial charge in [0.1, 0.15) is 5.69 Å². The molecule has 6 heteroatoms. The smallest absolute Gasteiger partial charge is 0.258 e. The van der Waals surface area contributed by atoms with Gasteiger partial charge in [0.25, 0.3) is 5.91 Å². The first-order valence-electron chi connectivity index (χ1n) is 9.41. The van der Waals surface area contributed by atoms with Crippen LogP contribution in [0.5, 0.6) is 0 Å². The molecule has 5 nitrogen and oxygen atoms in total. The van der Waals surface area contributed by atoms with E-state index in [1.807, 2.05) is 84.2 Å². The summed E-state index contributed by atoms with van der Waals surface area (Å²) in [5.74, 6) is -0.215. The Balaban J connectivity index is 1.51. The maximum atomic E-state index is 13.2. The number of hydrogen-bond donors (Lipinski definition) is 1. The number of thiazole rings is 1. The molecular weight excluding hydrogens is 392 g/mol. The standard InChI is InChI=1S/C24H16N4OS/c29-23(28-24-27-22(15-30-24)20-12-6-7-13-25-20)18-14-21(16-8-2-1-3-9-16)26-19-11-5-4-10-17(18)19/h1-15H,(H,27,28,29). The largest absolute Gasteiger partial charge is 0.298 e. The van der Waals surface area contributed by atoms with Crippen molar-refractivity contribution in [3.63, 3.8) is 0 Å². The zero-order valence-electron chi connectivity index (χ0n) is 15.8. The molecule has 0 saturated heterocycles. The maximum Gasteiger partial charge on any atom is 0.258 e. The summed E-state index contributed by atoms with van der Waals surface area (Å²) >= 11 is 1.37. The Bertz CT molecular complexity index is 1330. The van der Waals surface area contributed by atoms with E-state index in [1.54, 1.807) is 6.20 Å². The first kappa shape index (κ1) is 18.1. The highest BCUT2D eigenvalue weighted by Gasteiger charge is 2.16. The van der Waals surface area contributed by atoms with Gasteiger partial charge in [-0.1, -0.05) is 54.6 Å². The third-order valence-electron chi connectivity index (χ3n) is 4.68. The SMILES string of the molecule is O=C(Nc1nc(-c2ccccn2)cs1)c1cc(-c2ccccc2)nc2ccccc12. The third-order valence-corrected chi connectivity index (χ3v) is 5.44. The summed E-state index contributed by atoms with van der Waals surface area (Å²) in [6, 6.07) is 25.0. The van der Waals surface area contributed by atoms with Crippen LogP contribution in [0.1, 0.15) is 10.4 Å². The van der Waals surface area contributed by atoms with Crippen LogP contribution in [0.3, 0.4) is 0 Å². The van der Waals surface area contributed by atoms with Gasteiger partial charge in [0.15, 0.2) is 5.13 Å². The average Bonchev–Trinajstić information content (AvgIpc) is 3.28.